The lowest BCUT2D eigenvalue weighted by Crippen LogP contribution is -2.22. The summed E-state index contributed by atoms with van der Waals surface area (Å²) in [6.45, 7) is 3.73. The van der Waals surface area contributed by atoms with Gasteiger partial charge in [0.05, 0.1) is 15.6 Å². The van der Waals surface area contributed by atoms with Gasteiger partial charge in [0.1, 0.15) is 0 Å². The molecule has 3 N–H and O–H groups in total. The topological polar surface area (TPSA) is 121 Å². The number of benzene rings is 1. The minimum atomic E-state index is -0.619. The molecule has 0 saturated carbocycles. The molecule has 0 aliphatic carbocycles. The lowest BCUT2D eigenvalue weighted by Gasteiger charge is -2.12. The van der Waals surface area contributed by atoms with Crippen molar-refractivity contribution in [1.29, 1.82) is 0 Å². The number of halogens is 2. The van der Waals surface area contributed by atoms with Crippen LogP contribution in [0.15, 0.2) is 38.8 Å². The molecule has 0 saturated heterocycles. The van der Waals surface area contributed by atoms with Crippen molar-refractivity contribution < 1.29 is 4.74 Å². The van der Waals surface area contributed by atoms with Gasteiger partial charge in [-0.2, -0.15) is 0 Å². The van der Waals surface area contributed by atoms with Gasteiger partial charge in [-0.15, -0.1) is 5.10 Å². The van der Waals surface area contributed by atoms with E-state index in [9.17, 15) is 14.4 Å². The Hall–Kier alpha value is -2.84. The van der Waals surface area contributed by atoms with Gasteiger partial charge in [0.25, 0.3) is 11.1 Å². The maximum Gasteiger partial charge on any atom is 0.325 e. The lowest BCUT2D eigenvalue weighted by atomic mass is 10.1. The molecule has 0 aliphatic rings. The summed E-state index contributed by atoms with van der Waals surface area (Å²) >= 11 is 12.5. The van der Waals surface area contributed by atoms with Crippen LogP contribution in [0.4, 0.5) is 0 Å². The van der Waals surface area contributed by atoms with Gasteiger partial charge in [0.2, 0.25) is 5.88 Å². The van der Waals surface area contributed by atoms with Crippen LogP contribution in [0.5, 0.6) is 11.6 Å². The van der Waals surface area contributed by atoms with Crippen molar-refractivity contribution in [3.8, 4) is 22.8 Å². The van der Waals surface area contributed by atoms with Crippen molar-refractivity contribution in [2.75, 3.05) is 0 Å². The molecule has 0 unspecified atom stereocenters. The third-order valence-corrected chi connectivity index (χ3v) is 4.33. The molecule has 0 spiro atoms. The normalized spacial score (nSPS) is 11.0. The van der Waals surface area contributed by atoms with E-state index in [-0.39, 0.29) is 38.7 Å². The number of ether oxygens (including phenoxy) is 1. The summed E-state index contributed by atoms with van der Waals surface area (Å²) in [5.41, 5.74) is -0.415. The second-order valence-electron chi connectivity index (χ2n) is 6.00. The fourth-order valence-electron chi connectivity index (χ4n) is 2.42. The zero-order chi connectivity index (χ0) is 19.7. The third-order valence-electron chi connectivity index (χ3n) is 3.77. The molecule has 0 bridgehead atoms. The van der Waals surface area contributed by atoms with E-state index in [1.807, 2.05) is 13.8 Å². The van der Waals surface area contributed by atoms with Crippen molar-refractivity contribution in [2.24, 2.45) is 0 Å². The zero-order valence-electron chi connectivity index (χ0n) is 14.2. The summed E-state index contributed by atoms with van der Waals surface area (Å²) in [4.78, 5) is 39.4. The molecule has 8 nitrogen and oxygen atoms in total. The SMILES string of the molecule is CC(C)c1cc(Oc2c(Cl)cc(-c3c[nH]c(=O)[nH]c3=O)cc2Cl)n[nH]c1=O. The van der Waals surface area contributed by atoms with E-state index in [0.29, 0.717) is 11.1 Å². The van der Waals surface area contributed by atoms with Crippen LogP contribution in [0, 0.1) is 0 Å². The minimum absolute atomic E-state index is 0.0284. The highest BCUT2D eigenvalue weighted by molar-refractivity contribution is 6.37. The van der Waals surface area contributed by atoms with Crippen molar-refractivity contribution in [3.05, 3.63) is 71.2 Å². The summed E-state index contributed by atoms with van der Waals surface area (Å²) in [7, 11) is 0. The maximum absolute atomic E-state index is 11.9. The van der Waals surface area contributed by atoms with E-state index in [0.717, 1.165) is 0 Å². The van der Waals surface area contributed by atoms with Crippen molar-refractivity contribution in [2.45, 2.75) is 19.8 Å². The van der Waals surface area contributed by atoms with Crippen molar-refractivity contribution in [3.63, 3.8) is 0 Å². The van der Waals surface area contributed by atoms with E-state index in [4.69, 9.17) is 27.9 Å². The molecule has 0 radical (unpaired) electrons. The van der Waals surface area contributed by atoms with Crippen LogP contribution in [-0.2, 0) is 0 Å². The van der Waals surface area contributed by atoms with Crippen LogP contribution in [0.1, 0.15) is 25.3 Å². The molecule has 10 heteroatoms. The average Bonchev–Trinajstić information content (AvgIpc) is 2.59. The first-order valence-corrected chi connectivity index (χ1v) is 8.60. The number of hydrogen-bond acceptors (Lipinski definition) is 5. The highest BCUT2D eigenvalue weighted by atomic mass is 35.5. The van der Waals surface area contributed by atoms with Crippen LogP contribution >= 0.6 is 23.2 Å². The average molecular weight is 409 g/mol. The zero-order valence-corrected chi connectivity index (χ0v) is 15.7. The van der Waals surface area contributed by atoms with E-state index in [2.05, 4.69) is 20.2 Å². The molecule has 0 amide bonds. The number of H-pyrrole nitrogens is 3. The van der Waals surface area contributed by atoms with Crippen LogP contribution in [0.25, 0.3) is 11.1 Å². The fourth-order valence-corrected chi connectivity index (χ4v) is 2.99. The fraction of sp³-hybridized carbons (Fsp3) is 0.176. The molecule has 1 aromatic carbocycles. The van der Waals surface area contributed by atoms with Gasteiger partial charge in [-0.05, 0) is 23.6 Å². The number of nitrogens with zero attached hydrogens (tertiary/aromatic N) is 1. The van der Waals surface area contributed by atoms with Crippen LogP contribution < -0.4 is 21.5 Å². The molecular weight excluding hydrogens is 395 g/mol. The Labute approximate surface area is 162 Å². The summed E-state index contributed by atoms with van der Waals surface area (Å²) in [5.74, 6) is 0.216. The number of rotatable bonds is 4. The minimum Gasteiger partial charge on any atom is -0.434 e. The maximum atomic E-state index is 11.9. The Bertz CT molecular complexity index is 1160. The standard InChI is InChI=1S/C17H14Cl2N4O4/c1-7(2)9-5-13(22-23-16(9)25)27-14-11(18)3-8(4-12(14)19)10-6-20-17(26)21-15(10)24/h3-7H,1-2H3,(H,23,25)(H2,20,21,24,26). The molecule has 140 valence electrons. The predicted octanol–water partition coefficient (Wildman–Crippen LogP) is 3.04. The molecule has 2 heterocycles. The van der Waals surface area contributed by atoms with E-state index in [1.54, 1.807) is 0 Å². The highest BCUT2D eigenvalue weighted by Crippen LogP contribution is 2.39. The Morgan fingerprint density at radius 2 is 1.70 bits per heavy atom. The lowest BCUT2D eigenvalue weighted by molar-refractivity contribution is 0.452. The van der Waals surface area contributed by atoms with Crippen molar-refractivity contribution in [1.82, 2.24) is 20.2 Å². The van der Waals surface area contributed by atoms with Gasteiger partial charge in [-0.3, -0.25) is 14.6 Å². The van der Waals surface area contributed by atoms with Gasteiger partial charge >= 0.3 is 5.69 Å². The van der Waals surface area contributed by atoms with Gasteiger partial charge < -0.3 is 9.72 Å². The van der Waals surface area contributed by atoms with Crippen molar-refractivity contribution >= 4 is 23.2 Å². The number of aromatic nitrogens is 4. The van der Waals surface area contributed by atoms with Gasteiger partial charge in [-0.25, -0.2) is 9.89 Å². The summed E-state index contributed by atoms with van der Waals surface area (Å²) in [5, 5.41) is 6.45. The Kier molecular flexibility index (Phi) is 5.20. The first-order valence-electron chi connectivity index (χ1n) is 7.85. The molecule has 3 rings (SSSR count). The molecule has 0 aliphatic heterocycles. The second-order valence-corrected chi connectivity index (χ2v) is 6.82. The van der Waals surface area contributed by atoms with Gasteiger partial charge in [0.15, 0.2) is 5.75 Å². The Morgan fingerprint density at radius 1 is 1.04 bits per heavy atom. The van der Waals surface area contributed by atoms with Crippen LogP contribution in [-0.4, -0.2) is 20.2 Å². The first-order chi connectivity index (χ1) is 12.8. The highest BCUT2D eigenvalue weighted by Gasteiger charge is 2.16. The molecular formula is C17H14Cl2N4O4. The van der Waals surface area contributed by atoms with E-state index < -0.39 is 11.2 Å². The monoisotopic (exact) mass is 408 g/mol. The van der Waals surface area contributed by atoms with Gasteiger partial charge in [0, 0.05) is 17.8 Å². The van der Waals surface area contributed by atoms with E-state index >= 15 is 0 Å². The quantitative estimate of drug-likeness (QED) is 0.612. The molecule has 2 aromatic heterocycles. The third kappa shape index (κ3) is 3.96. The number of nitrogens with one attached hydrogen (secondary N) is 3. The van der Waals surface area contributed by atoms with Crippen LogP contribution in [0.2, 0.25) is 10.0 Å². The summed E-state index contributed by atoms with van der Waals surface area (Å²) in [6, 6.07) is 4.46. The molecule has 3 aromatic rings. The van der Waals surface area contributed by atoms with E-state index in [1.165, 1.54) is 24.4 Å². The van der Waals surface area contributed by atoms with Crippen LogP contribution in [0.3, 0.4) is 0 Å². The molecule has 27 heavy (non-hydrogen) atoms. The Balaban J connectivity index is 2.01. The first kappa shape index (κ1) is 18.9. The molecule has 0 fully saturated rings. The number of aromatic amines is 3. The molecule has 0 atom stereocenters. The predicted molar refractivity (Wildman–Crippen MR) is 102 cm³/mol. The smallest absolute Gasteiger partial charge is 0.325 e. The van der Waals surface area contributed by atoms with Gasteiger partial charge in [-0.1, -0.05) is 37.0 Å². The summed E-state index contributed by atoms with van der Waals surface area (Å²) < 4.78 is 5.64. The number of hydrogen-bond donors (Lipinski definition) is 3. The summed E-state index contributed by atoms with van der Waals surface area (Å²) in [6.07, 6.45) is 1.27. The second kappa shape index (κ2) is 7.42. The Morgan fingerprint density at radius 3 is 2.30 bits per heavy atom. The largest absolute Gasteiger partial charge is 0.434 e.